The van der Waals surface area contributed by atoms with E-state index in [1.807, 2.05) is 10.9 Å². The quantitative estimate of drug-likeness (QED) is 0.704. The van der Waals surface area contributed by atoms with Crippen molar-refractivity contribution in [2.75, 3.05) is 6.54 Å². The van der Waals surface area contributed by atoms with E-state index >= 15 is 0 Å². The van der Waals surface area contributed by atoms with Gasteiger partial charge in [-0.15, -0.1) is 0 Å². The van der Waals surface area contributed by atoms with E-state index < -0.39 is 0 Å². The summed E-state index contributed by atoms with van der Waals surface area (Å²) in [5, 5.41) is 7.68. The summed E-state index contributed by atoms with van der Waals surface area (Å²) in [7, 11) is 0. The molecular weight excluding hydrogens is 174 g/mol. The first-order valence-corrected chi connectivity index (χ1v) is 5.44. The zero-order valence-electron chi connectivity index (χ0n) is 9.45. The normalized spacial score (nSPS) is 11.1. The van der Waals surface area contributed by atoms with Crippen LogP contribution in [0.15, 0.2) is 12.4 Å². The Balaban J connectivity index is 2.35. The zero-order valence-corrected chi connectivity index (χ0v) is 9.45. The second kappa shape index (κ2) is 5.81. The molecule has 80 valence electrons. The van der Waals surface area contributed by atoms with E-state index in [-0.39, 0.29) is 0 Å². The van der Waals surface area contributed by atoms with Gasteiger partial charge in [-0.05, 0) is 18.9 Å². The van der Waals surface area contributed by atoms with Crippen LogP contribution in [0.3, 0.4) is 0 Å². The molecule has 0 amide bonds. The molecule has 14 heavy (non-hydrogen) atoms. The molecule has 3 heteroatoms. The molecule has 0 saturated carbocycles. The van der Waals surface area contributed by atoms with Gasteiger partial charge in [0.2, 0.25) is 0 Å². The summed E-state index contributed by atoms with van der Waals surface area (Å²) in [6.45, 7) is 9.61. The first kappa shape index (κ1) is 11.2. The van der Waals surface area contributed by atoms with E-state index in [0.29, 0.717) is 5.92 Å². The Labute approximate surface area is 86.5 Å². The highest BCUT2D eigenvalue weighted by molar-refractivity contribution is 5.03. The molecule has 1 aromatic heterocycles. The average Bonchev–Trinajstić information content (AvgIpc) is 2.52. The molecule has 0 unspecified atom stereocenters. The number of nitrogens with zero attached hydrogens (tertiary/aromatic N) is 2. The molecule has 0 aliphatic heterocycles. The molecule has 0 spiro atoms. The Hall–Kier alpha value is -0.830. The van der Waals surface area contributed by atoms with Crippen LogP contribution in [0.1, 0.15) is 32.8 Å². The molecule has 1 rings (SSSR count). The third kappa shape index (κ3) is 3.92. The van der Waals surface area contributed by atoms with Gasteiger partial charge in [-0.25, -0.2) is 0 Å². The predicted octanol–water partition coefficient (Wildman–Crippen LogP) is 2.04. The van der Waals surface area contributed by atoms with Gasteiger partial charge in [-0.3, -0.25) is 4.68 Å². The zero-order chi connectivity index (χ0) is 10.4. The minimum atomic E-state index is 0.659. The van der Waals surface area contributed by atoms with Gasteiger partial charge in [-0.1, -0.05) is 20.8 Å². The average molecular weight is 195 g/mol. The number of aromatic nitrogens is 2. The summed E-state index contributed by atoms with van der Waals surface area (Å²) >= 11 is 0. The van der Waals surface area contributed by atoms with Crippen molar-refractivity contribution in [2.24, 2.45) is 5.92 Å². The van der Waals surface area contributed by atoms with E-state index in [4.69, 9.17) is 0 Å². The first-order valence-electron chi connectivity index (χ1n) is 5.44. The highest BCUT2D eigenvalue weighted by Crippen LogP contribution is 2.01. The smallest absolute Gasteiger partial charge is 0.0534 e. The van der Waals surface area contributed by atoms with Crippen LogP contribution in [0.2, 0.25) is 0 Å². The van der Waals surface area contributed by atoms with Crippen molar-refractivity contribution < 1.29 is 0 Å². The van der Waals surface area contributed by atoms with Crippen LogP contribution in [0, 0.1) is 5.92 Å². The molecule has 0 aliphatic rings. The number of hydrogen-bond donors (Lipinski definition) is 1. The summed E-state index contributed by atoms with van der Waals surface area (Å²) in [6, 6.07) is 0. The van der Waals surface area contributed by atoms with Gasteiger partial charge in [0.25, 0.3) is 0 Å². The largest absolute Gasteiger partial charge is 0.313 e. The van der Waals surface area contributed by atoms with Crippen LogP contribution >= 0.6 is 0 Å². The fraction of sp³-hybridized carbons (Fsp3) is 0.727. The lowest BCUT2D eigenvalue weighted by Crippen LogP contribution is -2.13. The lowest BCUT2D eigenvalue weighted by atomic mass is 10.2. The molecule has 1 heterocycles. The Morgan fingerprint density at radius 1 is 1.50 bits per heavy atom. The molecule has 0 bridgehead atoms. The SMILES string of the molecule is CCCNCc1cnn(CC(C)C)c1. The maximum Gasteiger partial charge on any atom is 0.0534 e. The third-order valence-electron chi connectivity index (χ3n) is 1.99. The lowest BCUT2D eigenvalue weighted by molar-refractivity contribution is 0.482. The van der Waals surface area contributed by atoms with Crippen molar-refractivity contribution in [1.29, 1.82) is 0 Å². The molecule has 0 aliphatic carbocycles. The minimum absolute atomic E-state index is 0.659. The Morgan fingerprint density at radius 2 is 2.29 bits per heavy atom. The van der Waals surface area contributed by atoms with Gasteiger partial charge in [0.15, 0.2) is 0 Å². The standard InChI is InChI=1S/C11H21N3/c1-4-5-12-6-11-7-13-14(9-11)8-10(2)3/h7,9-10,12H,4-6,8H2,1-3H3. The maximum atomic E-state index is 4.31. The van der Waals surface area contributed by atoms with Crippen molar-refractivity contribution in [3.8, 4) is 0 Å². The topological polar surface area (TPSA) is 29.9 Å². The molecular formula is C11H21N3. The molecule has 1 N–H and O–H groups in total. The molecule has 0 radical (unpaired) electrons. The van der Waals surface area contributed by atoms with Gasteiger partial charge in [-0.2, -0.15) is 5.10 Å². The molecule has 0 saturated heterocycles. The van der Waals surface area contributed by atoms with Crippen LogP contribution in [0.25, 0.3) is 0 Å². The third-order valence-corrected chi connectivity index (χ3v) is 1.99. The lowest BCUT2D eigenvalue weighted by Gasteiger charge is -2.03. The van der Waals surface area contributed by atoms with Crippen molar-refractivity contribution in [2.45, 2.75) is 40.3 Å². The van der Waals surface area contributed by atoms with Gasteiger partial charge in [0.1, 0.15) is 0 Å². The fourth-order valence-electron chi connectivity index (χ4n) is 1.38. The summed E-state index contributed by atoms with van der Waals surface area (Å²) in [4.78, 5) is 0. The van der Waals surface area contributed by atoms with E-state index in [1.54, 1.807) is 0 Å². The Morgan fingerprint density at radius 3 is 2.93 bits per heavy atom. The van der Waals surface area contributed by atoms with Crippen molar-refractivity contribution >= 4 is 0 Å². The van der Waals surface area contributed by atoms with Crippen LogP contribution in [-0.2, 0) is 13.1 Å². The summed E-state index contributed by atoms with van der Waals surface area (Å²) in [6.07, 6.45) is 5.26. The minimum Gasteiger partial charge on any atom is -0.313 e. The predicted molar refractivity (Wildman–Crippen MR) is 59.1 cm³/mol. The Kier molecular flexibility index (Phi) is 4.66. The van der Waals surface area contributed by atoms with Gasteiger partial charge >= 0.3 is 0 Å². The summed E-state index contributed by atoms with van der Waals surface area (Å²) < 4.78 is 2.02. The van der Waals surface area contributed by atoms with Gasteiger partial charge in [0, 0.05) is 24.8 Å². The Bertz CT molecular complexity index is 253. The second-order valence-electron chi connectivity index (χ2n) is 4.14. The monoisotopic (exact) mass is 195 g/mol. The van der Waals surface area contributed by atoms with E-state index in [1.165, 1.54) is 12.0 Å². The fourth-order valence-corrected chi connectivity index (χ4v) is 1.38. The molecule has 1 aromatic rings. The number of nitrogens with one attached hydrogen (secondary N) is 1. The number of rotatable bonds is 6. The molecule has 0 atom stereocenters. The highest BCUT2D eigenvalue weighted by atomic mass is 15.3. The van der Waals surface area contributed by atoms with Crippen LogP contribution in [-0.4, -0.2) is 16.3 Å². The van der Waals surface area contributed by atoms with Crippen LogP contribution in [0.4, 0.5) is 0 Å². The number of hydrogen-bond acceptors (Lipinski definition) is 2. The molecule has 0 aromatic carbocycles. The van der Waals surface area contributed by atoms with Crippen LogP contribution < -0.4 is 5.32 Å². The van der Waals surface area contributed by atoms with Crippen molar-refractivity contribution in [3.63, 3.8) is 0 Å². The van der Waals surface area contributed by atoms with Crippen molar-refractivity contribution in [3.05, 3.63) is 18.0 Å². The molecule has 3 nitrogen and oxygen atoms in total. The van der Waals surface area contributed by atoms with Crippen molar-refractivity contribution in [1.82, 2.24) is 15.1 Å². The highest BCUT2D eigenvalue weighted by Gasteiger charge is 1.99. The second-order valence-corrected chi connectivity index (χ2v) is 4.14. The first-order chi connectivity index (χ1) is 6.72. The van der Waals surface area contributed by atoms with Gasteiger partial charge < -0.3 is 5.32 Å². The summed E-state index contributed by atoms with van der Waals surface area (Å²) in [5.41, 5.74) is 1.28. The van der Waals surface area contributed by atoms with E-state index in [2.05, 4.69) is 37.4 Å². The van der Waals surface area contributed by atoms with E-state index in [0.717, 1.165) is 19.6 Å². The van der Waals surface area contributed by atoms with Gasteiger partial charge in [0.05, 0.1) is 6.20 Å². The van der Waals surface area contributed by atoms with Crippen LogP contribution in [0.5, 0.6) is 0 Å². The van der Waals surface area contributed by atoms with E-state index in [9.17, 15) is 0 Å². The molecule has 0 fully saturated rings. The summed E-state index contributed by atoms with van der Waals surface area (Å²) in [5.74, 6) is 0.659. The maximum absolute atomic E-state index is 4.31.